The van der Waals surface area contributed by atoms with Crippen molar-refractivity contribution in [3.63, 3.8) is 0 Å². The van der Waals surface area contributed by atoms with Gasteiger partial charge in [-0.15, -0.1) is 0 Å². The van der Waals surface area contributed by atoms with Gasteiger partial charge in [0.1, 0.15) is 5.82 Å². The van der Waals surface area contributed by atoms with Gasteiger partial charge in [0, 0.05) is 11.8 Å². The van der Waals surface area contributed by atoms with E-state index >= 15 is 0 Å². The minimum absolute atomic E-state index is 0.120. The first-order valence-electron chi connectivity index (χ1n) is 4.60. The number of rotatable bonds is 2. The predicted octanol–water partition coefficient (Wildman–Crippen LogP) is 1.25. The minimum Gasteiger partial charge on any atom is -0.543 e. The van der Waals surface area contributed by atoms with Crippen molar-refractivity contribution in [2.45, 2.75) is 0 Å². The summed E-state index contributed by atoms with van der Waals surface area (Å²) in [6.07, 6.45) is 1.42. The molecular weight excluding hydrogens is 209 g/mol. The Balaban J connectivity index is 2.34. The molecule has 0 saturated heterocycles. The molecule has 0 aliphatic rings. The molecule has 0 unspecified atom stereocenters. The van der Waals surface area contributed by atoms with Crippen molar-refractivity contribution < 1.29 is 14.3 Å². The van der Waals surface area contributed by atoms with Crippen LogP contribution in [0.5, 0.6) is 0 Å². The Morgan fingerprint density at radius 2 is 1.69 bits per heavy atom. The van der Waals surface area contributed by atoms with Gasteiger partial charge in [0.2, 0.25) is 0 Å². The lowest BCUT2D eigenvalue weighted by atomic mass is 10.1. The van der Waals surface area contributed by atoms with Crippen LogP contribution in [0.25, 0.3) is 11.1 Å². The Morgan fingerprint density at radius 1 is 1.06 bits per heavy atom. The van der Waals surface area contributed by atoms with E-state index in [0.717, 1.165) is 11.1 Å². The van der Waals surface area contributed by atoms with E-state index in [1.54, 1.807) is 18.2 Å². The quantitative estimate of drug-likeness (QED) is 0.759. The molecule has 0 spiro atoms. The summed E-state index contributed by atoms with van der Waals surface area (Å²) in [5.41, 5.74) is 1.38. The van der Waals surface area contributed by atoms with Crippen LogP contribution in [0.3, 0.4) is 0 Å². The molecular formula is C12H7FNO2-. The minimum atomic E-state index is -1.31. The number of hydrogen-bond acceptors (Lipinski definition) is 3. The lowest BCUT2D eigenvalue weighted by Crippen LogP contribution is -2.23. The maximum Gasteiger partial charge on any atom is 0.123 e. The van der Waals surface area contributed by atoms with Crippen molar-refractivity contribution in [3.8, 4) is 11.1 Å². The van der Waals surface area contributed by atoms with E-state index in [9.17, 15) is 14.3 Å². The molecule has 2 aromatic rings. The first-order valence-corrected chi connectivity index (χ1v) is 4.60. The van der Waals surface area contributed by atoms with Crippen LogP contribution in [0.1, 0.15) is 10.5 Å². The third-order valence-electron chi connectivity index (χ3n) is 2.15. The summed E-state index contributed by atoms with van der Waals surface area (Å²) in [6, 6.07) is 8.83. The summed E-state index contributed by atoms with van der Waals surface area (Å²) >= 11 is 0. The zero-order valence-corrected chi connectivity index (χ0v) is 8.18. The lowest BCUT2D eigenvalue weighted by Gasteiger charge is -2.04. The highest BCUT2D eigenvalue weighted by molar-refractivity contribution is 5.83. The average Bonchev–Trinajstić information content (AvgIpc) is 2.30. The SMILES string of the molecule is O=C([O-])c1ccc(-c2ccc(F)cc2)cn1. The monoisotopic (exact) mass is 216 g/mol. The van der Waals surface area contributed by atoms with Gasteiger partial charge in [-0.25, -0.2) is 4.39 Å². The van der Waals surface area contributed by atoms with Gasteiger partial charge in [0.05, 0.1) is 11.7 Å². The van der Waals surface area contributed by atoms with Crippen molar-refractivity contribution in [2.24, 2.45) is 0 Å². The number of hydrogen-bond donors (Lipinski definition) is 0. The van der Waals surface area contributed by atoms with E-state index < -0.39 is 5.97 Å². The van der Waals surface area contributed by atoms with Gasteiger partial charge < -0.3 is 9.90 Å². The lowest BCUT2D eigenvalue weighted by molar-refractivity contribution is -0.255. The number of halogens is 1. The molecule has 0 bridgehead atoms. The number of carbonyl (C=O) groups excluding carboxylic acids is 1. The third-order valence-corrected chi connectivity index (χ3v) is 2.15. The zero-order chi connectivity index (χ0) is 11.5. The Hall–Kier alpha value is -2.23. The number of aromatic nitrogens is 1. The van der Waals surface area contributed by atoms with E-state index in [-0.39, 0.29) is 11.5 Å². The van der Waals surface area contributed by atoms with Crippen LogP contribution < -0.4 is 5.11 Å². The normalized spacial score (nSPS) is 10.1. The molecule has 1 aromatic carbocycles. The average molecular weight is 216 g/mol. The Kier molecular flexibility index (Phi) is 2.64. The van der Waals surface area contributed by atoms with E-state index in [0.29, 0.717) is 0 Å². The summed E-state index contributed by atoms with van der Waals surface area (Å²) in [7, 11) is 0. The van der Waals surface area contributed by atoms with Crippen molar-refractivity contribution in [1.82, 2.24) is 4.98 Å². The molecule has 2 rings (SSSR count). The molecule has 0 saturated carbocycles. The molecule has 0 N–H and O–H groups in total. The third kappa shape index (κ3) is 2.06. The van der Waals surface area contributed by atoms with E-state index in [1.165, 1.54) is 24.4 Å². The van der Waals surface area contributed by atoms with Crippen LogP contribution in [0.2, 0.25) is 0 Å². The van der Waals surface area contributed by atoms with Crippen molar-refractivity contribution in [3.05, 3.63) is 54.1 Å². The summed E-state index contributed by atoms with van der Waals surface area (Å²) in [5.74, 6) is -1.63. The highest BCUT2D eigenvalue weighted by Crippen LogP contribution is 2.18. The maximum atomic E-state index is 12.7. The summed E-state index contributed by atoms with van der Waals surface area (Å²) in [6.45, 7) is 0. The summed E-state index contributed by atoms with van der Waals surface area (Å²) < 4.78 is 12.7. The Morgan fingerprint density at radius 3 is 2.19 bits per heavy atom. The van der Waals surface area contributed by atoms with E-state index in [1.807, 2.05) is 0 Å². The number of carboxylic acids is 1. The highest BCUT2D eigenvalue weighted by atomic mass is 19.1. The number of carbonyl (C=O) groups is 1. The number of carboxylic acid groups (broad SMARTS) is 1. The van der Waals surface area contributed by atoms with Gasteiger partial charge in [-0.2, -0.15) is 0 Å². The second kappa shape index (κ2) is 4.10. The van der Waals surface area contributed by atoms with Crippen LogP contribution in [0, 0.1) is 5.82 Å². The molecule has 3 nitrogen and oxygen atoms in total. The largest absolute Gasteiger partial charge is 0.543 e. The van der Waals surface area contributed by atoms with Crippen LogP contribution >= 0.6 is 0 Å². The smallest absolute Gasteiger partial charge is 0.123 e. The fourth-order valence-corrected chi connectivity index (χ4v) is 1.33. The van der Waals surface area contributed by atoms with E-state index in [4.69, 9.17) is 0 Å². The molecule has 0 aliphatic heterocycles. The number of nitrogens with zero attached hydrogens (tertiary/aromatic N) is 1. The fourth-order valence-electron chi connectivity index (χ4n) is 1.33. The molecule has 0 fully saturated rings. The molecule has 1 heterocycles. The van der Waals surface area contributed by atoms with Crippen LogP contribution in [0.15, 0.2) is 42.6 Å². The van der Waals surface area contributed by atoms with E-state index in [2.05, 4.69) is 4.98 Å². The molecule has 4 heteroatoms. The molecule has 0 radical (unpaired) electrons. The first-order chi connectivity index (χ1) is 7.66. The molecule has 1 aromatic heterocycles. The second-order valence-electron chi connectivity index (χ2n) is 3.23. The molecule has 80 valence electrons. The fraction of sp³-hybridized carbons (Fsp3) is 0. The first kappa shape index (κ1) is 10.3. The Labute approximate surface area is 91.2 Å². The zero-order valence-electron chi connectivity index (χ0n) is 8.18. The molecule has 0 amide bonds. The van der Waals surface area contributed by atoms with Crippen LogP contribution in [-0.2, 0) is 0 Å². The number of pyridine rings is 1. The summed E-state index contributed by atoms with van der Waals surface area (Å²) in [5, 5.41) is 10.5. The Bertz CT molecular complexity index is 506. The van der Waals surface area contributed by atoms with Crippen molar-refractivity contribution in [2.75, 3.05) is 0 Å². The molecule has 0 aliphatic carbocycles. The molecule has 16 heavy (non-hydrogen) atoms. The van der Waals surface area contributed by atoms with Gasteiger partial charge in [-0.3, -0.25) is 4.98 Å². The molecule has 0 atom stereocenters. The van der Waals surface area contributed by atoms with Gasteiger partial charge in [0.25, 0.3) is 0 Å². The van der Waals surface area contributed by atoms with Crippen molar-refractivity contribution >= 4 is 5.97 Å². The van der Waals surface area contributed by atoms with Gasteiger partial charge in [0.15, 0.2) is 0 Å². The van der Waals surface area contributed by atoms with Crippen LogP contribution in [0.4, 0.5) is 4.39 Å². The second-order valence-corrected chi connectivity index (χ2v) is 3.23. The highest BCUT2D eigenvalue weighted by Gasteiger charge is 2.00. The standard InChI is InChI=1S/C12H8FNO2/c13-10-4-1-8(2-5-10)9-3-6-11(12(15)16)14-7-9/h1-7H,(H,15,16)/p-1. The topological polar surface area (TPSA) is 53.0 Å². The number of benzene rings is 1. The van der Waals surface area contributed by atoms with Crippen LogP contribution in [-0.4, -0.2) is 11.0 Å². The van der Waals surface area contributed by atoms with Crippen molar-refractivity contribution in [1.29, 1.82) is 0 Å². The van der Waals surface area contributed by atoms with Gasteiger partial charge in [-0.1, -0.05) is 18.2 Å². The number of aromatic carboxylic acids is 1. The van der Waals surface area contributed by atoms with Gasteiger partial charge in [-0.05, 0) is 23.8 Å². The maximum absolute atomic E-state index is 12.7. The van der Waals surface area contributed by atoms with Gasteiger partial charge >= 0.3 is 0 Å². The summed E-state index contributed by atoms with van der Waals surface area (Å²) in [4.78, 5) is 14.2. The predicted molar refractivity (Wildman–Crippen MR) is 54.0 cm³/mol.